The highest BCUT2D eigenvalue weighted by Crippen LogP contribution is 2.24. The minimum Gasteiger partial charge on any atom is -0.352 e. The Morgan fingerprint density at radius 3 is 2.80 bits per heavy atom. The van der Waals surface area contributed by atoms with Gasteiger partial charge in [0.05, 0.1) is 5.02 Å². The summed E-state index contributed by atoms with van der Waals surface area (Å²) in [5.41, 5.74) is 2.65. The Morgan fingerprint density at radius 1 is 1.24 bits per heavy atom. The van der Waals surface area contributed by atoms with E-state index in [2.05, 4.69) is 25.4 Å². The zero-order valence-corrected chi connectivity index (χ0v) is 15.2. The number of piperazine rings is 1. The second kappa shape index (κ2) is 7.59. The Kier molecular flexibility index (Phi) is 5.46. The quantitative estimate of drug-likeness (QED) is 0.822. The van der Waals surface area contributed by atoms with Crippen LogP contribution >= 0.6 is 24.0 Å². The summed E-state index contributed by atoms with van der Waals surface area (Å²) in [6.45, 7) is 4.34. The SMILES string of the molecule is Cl.O=C(c1n[nH]c2c1CNCC2)N1CCN(c2ncccc2Cl)CC1. The number of carbonyl (C=O) groups is 1. The lowest BCUT2D eigenvalue weighted by Gasteiger charge is -2.35. The first-order valence-corrected chi connectivity index (χ1v) is 8.53. The van der Waals surface area contributed by atoms with E-state index < -0.39 is 0 Å². The maximum absolute atomic E-state index is 12.8. The van der Waals surface area contributed by atoms with Crippen LogP contribution in [-0.4, -0.2) is 58.7 Å². The van der Waals surface area contributed by atoms with E-state index in [4.69, 9.17) is 11.6 Å². The van der Waals surface area contributed by atoms with E-state index in [-0.39, 0.29) is 18.3 Å². The molecule has 1 amide bonds. The van der Waals surface area contributed by atoms with Gasteiger partial charge < -0.3 is 15.1 Å². The first-order chi connectivity index (χ1) is 11.7. The Labute approximate surface area is 157 Å². The summed E-state index contributed by atoms with van der Waals surface area (Å²) in [6, 6.07) is 3.66. The summed E-state index contributed by atoms with van der Waals surface area (Å²) in [5.74, 6) is 0.788. The van der Waals surface area contributed by atoms with Crippen LogP contribution in [0.3, 0.4) is 0 Å². The van der Waals surface area contributed by atoms with E-state index in [9.17, 15) is 4.79 Å². The van der Waals surface area contributed by atoms with Gasteiger partial charge in [-0.1, -0.05) is 11.6 Å². The van der Waals surface area contributed by atoms with Crippen LogP contribution in [0.15, 0.2) is 18.3 Å². The Bertz CT molecular complexity index is 757. The van der Waals surface area contributed by atoms with E-state index in [1.807, 2.05) is 17.0 Å². The summed E-state index contributed by atoms with van der Waals surface area (Å²) < 4.78 is 0. The van der Waals surface area contributed by atoms with Crippen molar-refractivity contribution < 1.29 is 4.79 Å². The third kappa shape index (κ3) is 3.44. The van der Waals surface area contributed by atoms with Gasteiger partial charge in [-0.05, 0) is 12.1 Å². The topological polar surface area (TPSA) is 77.2 Å². The van der Waals surface area contributed by atoms with Crippen LogP contribution in [0.5, 0.6) is 0 Å². The molecular formula is C16H20Cl2N6O. The normalized spacial score (nSPS) is 17.0. The van der Waals surface area contributed by atoms with Gasteiger partial charge >= 0.3 is 0 Å². The van der Waals surface area contributed by atoms with Crippen molar-refractivity contribution >= 4 is 35.7 Å². The van der Waals surface area contributed by atoms with Gasteiger partial charge in [-0.2, -0.15) is 5.10 Å². The molecule has 0 aromatic carbocycles. The van der Waals surface area contributed by atoms with Gasteiger partial charge in [0, 0.05) is 63.1 Å². The molecule has 0 aliphatic carbocycles. The Hall–Kier alpha value is -1.83. The largest absolute Gasteiger partial charge is 0.352 e. The highest BCUT2D eigenvalue weighted by atomic mass is 35.5. The molecule has 4 heterocycles. The van der Waals surface area contributed by atoms with Crippen molar-refractivity contribution in [3.8, 4) is 0 Å². The summed E-state index contributed by atoms with van der Waals surface area (Å²) in [5, 5.41) is 11.2. The number of anilines is 1. The third-order valence-corrected chi connectivity index (χ3v) is 4.91. The smallest absolute Gasteiger partial charge is 0.274 e. The van der Waals surface area contributed by atoms with Crippen molar-refractivity contribution in [2.45, 2.75) is 13.0 Å². The second-order valence-corrected chi connectivity index (χ2v) is 6.45. The van der Waals surface area contributed by atoms with E-state index in [0.29, 0.717) is 43.4 Å². The number of fused-ring (bicyclic) bond motifs is 1. The molecule has 0 unspecified atom stereocenters. The summed E-state index contributed by atoms with van der Waals surface area (Å²) in [7, 11) is 0. The first kappa shape index (κ1) is 18.0. The zero-order chi connectivity index (χ0) is 16.5. The minimum absolute atomic E-state index is 0. The van der Waals surface area contributed by atoms with Gasteiger partial charge in [-0.3, -0.25) is 9.89 Å². The van der Waals surface area contributed by atoms with Gasteiger partial charge in [-0.15, -0.1) is 12.4 Å². The molecule has 7 nitrogen and oxygen atoms in total. The summed E-state index contributed by atoms with van der Waals surface area (Å²) in [6.07, 6.45) is 2.63. The summed E-state index contributed by atoms with van der Waals surface area (Å²) in [4.78, 5) is 21.1. The number of H-pyrrole nitrogens is 1. The highest BCUT2D eigenvalue weighted by Gasteiger charge is 2.28. The third-order valence-electron chi connectivity index (χ3n) is 4.61. The minimum atomic E-state index is 0. The van der Waals surface area contributed by atoms with Gasteiger partial charge in [0.2, 0.25) is 0 Å². The Morgan fingerprint density at radius 2 is 2.04 bits per heavy atom. The molecule has 25 heavy (non-hydrogen) atoms. The van der Waals surface area contributed by atoms with Crippen LogP contribution in [0.1, 0.15) is 21.7 Å². The molecule has 0 saturated carbocycles. The fraction of sp³-hybridized carbons (Fsp3) is 0.438. The molecule has 0 radical (unpaired) electrons. The number of aromatic amines is 1. The predicted octanol–water partition coefficient (Wildman–Crippen LogP) is 1.49. The molecule has 9 heteroatoms. The number of nitrogens with zero attached hydrogens (tertiary/aromatic N) is 4. The summed E-state index contributed by atoms with van der Waals surface area (Å²) >= 11 is 6.21. The molecule has 0 spiro atoms. The number of pyridine rings is 1. The molecule has 2 aliphatic rings. The highest BCUT2D eigenvalue weighted by molar-refractivity contribution is 6.32. The first-order valence-electron chi connectivity index (χ1n) is 8.15. The lowest BCUT2D eigenvalue weighted by molar-refractivity contribution is 0.0739. The molecular weight excluding hydrogens is 363 g/mol. The fourth-order valence-corrected chi connectivity index (χ4v) is 3.52. The number of hydrogen-bond donors (Lipinski definition) is 2. The number of rotatable bonds is 2. The van der Waals surface area contributed by atoms with Crippen molar-refractivity contribution in [1.82, 2.24) is 25.4 Å². The van der Waals surface area contributed by atoms with Crippen LogP contribution in [0.4, 0.5) is 5.82 Å². The predicted molar refractivity (Wildman–Crippen MR) is 98.6 cm³/mol. The number of hydrogen-bond acceptors (Lipinski definition) is 5. The zero-order valence-electron chi connectivity index (χ0n) is 13.7. The van der Waals surface area contributed by atoms with Crippen molar-refractivity contribution in [3.05, 3.63) is 40.3 Å². The van der Waals surface area contributed by atoms with E-state index in [1.165, 1.54) is 0 Å². The van der Waals surface area contributed by atoms with E-state index >= 15 is 0 Å². The maximum Gasteiger partial charge on any atom is 0.274 e. The molecule has 134 valence electrons. The number of amides is 1. The van der Waals surface area contributed by atoms with Crippen molar-refractivity contribution in [1.29, 1.82) is 0 Å². The molecule has 0 bridgehead atoms. The second-order valence-electron chi connectivity index (χ2n) is 6.04. The molecule has 1 fully saturated rings. The number of aromatic nitrogens is 3. The number of nitrogens with one attached hydrogen (secondary N) is 2. The average molecular weight is 383 g/mol. The Balaban J connectivity index is 0.00000182. The van der Waals surface area contributed by atoms with Crippen LogP contribution < -0.4 is 10.2 Å². The average Bonchev–Trinajstić information content (AvgIpc) is 3.06. The monoisotopic (exact) mass is 382 g/mol. The van der Waals surface area contributed by atoms with Gasteiger partial charge in [0.25, 0.3) is 5.91 Å². The van der Waals surface area contributed by atoms with Crippen molar-refractivity contribution in [2.75, 3.05) is 37.6 Å². The standard InChI is InChI=1S/C16H19ClN6O.ClH/c17-12-2-1-4-19-15(12)22-6-8-23(9-7-22)16(24)14-11-10-18-5-3-13(11)20-21-14;/h1-2,4,18H,3,5-10H2,(H,20,21);1H. The molecule has 0 atom stereocenters. The van der Waals surface area contributed by atoms with Crippen LogP contribution in [0, 0.1) is 0 Å². The fourth-order valence-electron chi connectivity index (χ4n) is 3.28. The van der Waals surface area contributed by atoms with Crippen molar-refractivity contribution in [3.63, 3.8) is 0 Å². The van der Waals surface area contributed by atoms with Gasteiger partial charge in [0.1, 0.15) is 5.82 Å². The molecule has 1 saturated heterocycles. The van der Waals surface area contributed by atoms with Crippen LogP contribution in [0.2, 0.25) is 5.02 Å². The van der Waals surface area contributed by atoms with E-state index in [1.54, 1.807) is 6.20 Å². The lowest BCUT2D eigenvalue weighted by atomic mass is 10.1. The number of carbonyl (C=O) groups excluding carboxylic acids is 1. The van der Waals surface area contributed by atoms with Crippen LogP contribution in [-0.2, 0) is 13.0 Å². The molecule has 2 aromatic heterocycles. The molecule has 4 rings (SSSR count). The molecule has 2 aliphatic heterocycles. The van der Waals surface area contributed by atoms with E-state index in [0.717, 1.165) is 30.0 Å². The maximum atomic E-state index is 12.8. The molecule has 2 aromatic rings. The van der Waals surface area contributed by atoms with Gasteiger partial charge in [0.15, 0.2) is 5.69 Å². The number of halogens is 2. The van der Waals surface area contributed by atoms with Crippen molar-refractivity contribution in [2.24, 2.45) is 0 Å². The lowest BCUT2D eigenvalue weighted by Crippen LogP contribution is -2.49. The molecule has 2 N–H and O–H groups in total. The van der Waals surface area contributed by atoms with Crippen LogP contribution in [0.25, 0.3) is 0 Å². The van der Waals surface area contributed by atoms with Gasteiger partial charge in [-0.25, -0.2) is 4.98 Å².